The number of carbonyl (C=O) groups excluding carboxylic acids is 1. The summed E-state index contributed by atoms with van der Waals surface area (Å²) in [4.78, 5) is 13.9. The minimum absolute atomic E-state index is 0.132. The van der Waals surface area contributed by atoms with E-state index in [0.29, 0.717) is 12.5 Å². The molecule has 2 atom stereocenters. The molecule has 2 unspecified atom stereocenters. The lowest BCUT2D eigenvalue weighted by atomic mass is 10.2. The van der Waals surface area contributed by atoms with Crippen molar-refractivity contribution in [1.82, 2.24) is 4.90 Å². The van der Waals surface area contributed by atoms with Crippen LogP contribution in [-0.4, -0.2) is 34.8 Å². The van der Waals surface area contributed by atoms with Crippen LogP contribution in [0.4, 0.5) is 4.79 Å². The van der Waals surface area contributed by atoms with E-state index in [9.17, 15) is 9.90 Å². The van der Waals surface area contributed by atoms with E-state index in [4.69, 9.17) is 4.74 Å². The van der Waals surface area contributed by atoms with Crippen LogP contribution in [0.2, 0.25) is 0 Å². The van der Waals surface area contributed by atoms with Gasteiger partial charge >= 0.3 is 6.09 Å². The predicted octanol–water partition coefficient (Wildman–Crippen LogP) is 2.80. The maximum atomic E-state index is 12.2. The van der Waals surface area contributed by atoms with Gasteiger partial charge in [-0.1, -0.05) is 30.3 Å². The van der Waals surface area contributed by atoms with Crippen molar-refractivity contribution in [1.29, 1.82) is 0 Å². The first-order chi connectivity index (χ1) is 9.58. The average Bonchev–Trinajstić information content (AvgIpc) is 3.27. The number of nitrogens with zero attached hydrogens (tertiary/aromatic N) is 1. The zero-order valence-electron chi connectivity index (χ0n) is 12.2. The van der Waals surface area contributed by atoms with E-state index in [2.05, 4.69) is 0 Å². The summed E-state index contributed by atoms with van der Waals surface area (Å²) < 4.78 is 5.37. The van der Waals surface area contributed by atoms with Crippen LogP contribution in [0.3, 0.4) is 0 Å². The number of hydrogen-bond acceptors (Lipinski definition) is 3. The van der Waals surface area contributed by atoms with E-state index < -0.39 is 6.10 Å². The SMILES string of the molecule is CC(O)CN(C(=O)OCc1ccccc1)C(C)C1CC1. The summed E-state index contributed by atoms with van der Waals surface area (Å²) in [6.45, 7) is 4.32. The standard InChI is InChI=1S/C16H23NO3/c1-12(18)10-17(13(2)15-8-9-15)16(19)20-11-14-6-4-3-5-7-14/h3-7,12-13,15,18H,8-11H2,1-2H3. The fraction of sp³-hybridized carbons (Fsp3) is 0.562. The Hall–Kier alpha value is -1.55. The maximum absolute atomic E-state index is 12.2. The Balaban J connectivity index is 1.91. The van der Waals surface area contributed by atoms with Crippen molar-refractivity contribution < 1.29 is 14.6 Å². The van der Waals surface area contributed by atoms with E-state index in [1.165, 1.54) is 0 Å². The molecule has 4 nitrogen and oxygen atoms in total. The number of hydrogen-bond donors (Lipinski definition) is 1. The van der Waals surface area contributed by atoms with Crippen molar-refractivity contribution in [2.45, 2.75) is 45.4 Å². The van der Waals surface area contributed by atoms with Crippen LogP contribution < -0.4 is 0 Å². The molecule has 1 aliphatic rings. The van der Waals surface area contributed by atoms with Gasteiger partial charge in [-0.25, -0.2) is 4.79 Å². The molecule has 1 aromatic carbocycles. The summed E-state index contributed by atoms with van der Waals surface area (Å²) in [5.74, 6) is 0.554. The third-order valence-corrected chi connectivity index (χ3v) is 3.70. The molecule has 0 radical (unpaired) electrons. The fourth-order valence-corrected chi connectivity index (χ4v) is 2.33. The number of benzene rings is 1. The van der Waals surface area contributed by atoms with Crippen LogP contribution in [0.5, 0.6) is 0 Å². The van der Waals surface area contributed by atoms with E-state index in [1.54, 1.807) is 11.8 Å². The monoisotopic (exact) mass is 277 g/mol. The molecule has 20 heavy (non-hydrogen) atoms. The van der Waals surface area contributed by atoms with Crippen LogP contribution in [-0.2, 0) is 11.3 Å². The Morgan fingerprint density at radius 1 is 1.35 bits per heavy atom. The summed E-state index contributed by atoms with van der Waals surface area (Å²) in [6, 6.07) is 9.76. The van der Waals surface area contributed by atoms with Gasteiger partial charge in [0.1, 0.15) is 6.61 Å². The van der Waals surface area contributed by atoms with Gasteiger partial charge in [-0.05, 0) is 38.2 Å². The van der Waals surface area contributed by atoms with Crippen molar-refractivity contribution >= 4 is 6.09 Å². The predicted molar refractivity (Wildman–Crippen MR) is 77.2 cm³/mol. The third-order valence-electron chi connectivity index (χ3n) is 3.70. The molecule has 0 aliphatic heterocycles. The lowest BCUT2D eigenvalue weighted by molar-refractivity contribution is 0.0547. The molecule has 1 fully saturated rings. The topological polar surface area (TPSA) is 49.8 Å². The largest absolute Gasteiger partial charge is 0.445 e. The van der Waals surface area contributed by atoms with Crippen LogP contribution in [0.1, 0.15) is 32.3 Å². The molecule has 1 saturated carbocycles. The molecular weight excluding hydrogens is 254 g/mol. The van der Waals surface area contributed by atoms with Crippen LogP contribution >= 0.6 is 0 Å². The second kappa shape index (κ2) is 6.75. The quantitative estimate of drug-likeness (QED) is 0.870. The summed E-state index contributed by atoms with van der Waals surface area (Å²) in [5.41, 5.74) is 0.969. The number of aliphatic hydroxyl groups is 1. The Kier molecular flexibility index (Phi) is 5.01. The number of ether oxygens (including phenoxy) is 1. The van der Waals surface area contributed by atoms with Gasteiger partial charge < -0.3 is 14.7 Å². The summed E-state index contributed by atoms with van der Waals surface area (Å²) in [5, 5.41) is 9.56. The molecule has 2 rings (SSSR count). The van der Waals surface area contributed by atoms with Crippen LogP contribution in [0.25, 0.3) is 0 Å². The van der Waals surface area contributed by atoms with Gasteiger partial charge in [0.05, 0.1) is 6.10 Å². The molecule has 4 heteroatoms. The minimum atomic E-state index is -0.541. The van der Waals surface area contributed by atoms with Gasteiger partial charge in [-0.15, -0.1) is 0 Å². The van der Waals surface area contributed by atoms with Crippen molar-refractivity contribution in [2.24, 2.45) is 5.92 Å². The van der Waals surface area contributed by atoms with Gasteiger partial charge in [-0.2, -0.15) is 0 Å². The Morgan fingerprint density at radius 2 is 2.00 bits per heavy atom. The highest BCUT2D eigenvalue weighted by atomic mass is 16.6. The normalized spacial score (nSPS) is 17.4. The fourth-order valence-electron chi connectivity index (χ4n) is 2.33. The zero-order valence-corrected chi connectivity index (χ0v) is 12.2. The van der Waals surface area contributed by atoms with Gasteiger partial charge in [0.25, 0.3) is 0 Å². The van der Waals surface area contributed by atoms with Crippen molar-refractivity contribution in [3.63, 3.8) is 0 Å². The van der Waals surface area contributed by atoms with Gasteiger partial charge in [0.15, 0.2) is 0 Å². The highest BCUT2D eigenvalue weighted by Crippen LogP contribution is 2.35. The molecule has 1 amide bonds. The number of aliphatic hydroxyl groups excluding tert-OH is 1. The second-order valence-electron chi connectivity index (χ2n) is 5.62. The van der Waals surface area contributed by atoms with E-state index >= 15 is 0 Å². The molecule has 110 valence electrons. The minimum Gasteiger partial charge on any atom is -0.445 e. The molecule has 1 aromatic rings. The van der Waals surface area contributed by atoms with E-state index in [-0.39, 0.29) is 18.7 Å². The number of amides is 1. The highest BCUT2D eigenvalue weighted by molar-refractivity contribution is 5.68. The molecule has 1 N–H and O–H groups in total. The van der Waals surface area contributed by atoms with Crippen molar-refractivity contribution in [3.05, 3.63) is 35.9 Å². The molecule has 0 heterocycles. The molecule has 0 bridgehead atoms. The first kappa shape index (κ1) is 14.9. The van der Waals surface area contributed by atoms with Gasteiger partial charge in [0.2, 0.25) is 0 Å². The Bertz CT molecular complexity index is 429. The van der Waals surface area contributed by atoms with Crippen molar-refractivity contribution in [2.75, 3.05) is 6.54 Å². The molecule has 0 saturated heterocycles. The molecule has 1 aliphatic carbocycles. The van der Waals surface area contributed by atoms with Gasteiger partial charge in [-0.3, -0.25) is 0 Å². The summed E-state index contributed by atoms with van der Waals surface area (Å²) in [7, 11) is 0. The van der Waals surface area contributed by atoms with Crippen molar-refractivity contribution in [3.8, 4) is 0 Å². The lowest BCUT2D eigenvalue weighted by Gasteiger charge is -2.29. The van der Waals surface area contributed by atoms with Crippen LogP contribution in [0, 0.1) is 5.92 Å². The summed E-state index contributed by atoms with van der Waals surface area (Å²) in [6.07, 6.45) is 1.43. The Labute approximate surface area is 120 Å². The van der Waals surface area contributed by atoms with Crippen LogP contribution in [0.15, 0.2) is 30.3 Å². The lowest BCUT2D eigenvalue weighted by Crippen LogP contribution is -2.44. The first-order valence-corrected chi connectivity index (χ1v) is 7.23. The maximum Gasteiger partial charge on any atom is 0.410 e. The van der Waals surface area contributed by atoms with E-state index in [0.717, 1.165) is 18.4 Å². The first-order valence-electron chi connectivity index (χ1n) is 7.23. The molecule has 0 aromatic heterocycles. The smallest absolute Gasteiger partial charge is 0.410 e. The van der Waals surface area contributed by atoms with E-state index in [1.807, 2.05) is 37.3 Å². The average molecular weight is 277 g/mol. The number of rotatable bonds is 6. The second-order valence-corrected chi connectivity index (χ2v) is 5.62. The third kappa shape index (κ3) is 4.23. The summed E-state index contributed by atoms with van der Waals surface area (Å²) >= 11 is 0. The van der Waals surface area contributed by atoms with Gasteiger partial charge in [0, 0.05) is 12.6 Å². The molecular formula is C16H23NO3. The number of carbonyl (C=O) groups is 1. The highest BCUT2D eigenvalue weighted by Gasteiger charge is 2.35. The zero-order chi connectivity index (χ0) is 14.5. The Morgan fingerprint density at radius 3 is 2.55 bits per heavy atom. The molecule has 0 spiro atoms.